The van der Waals surface area contributed by atoms with Crippen LogP contribution in [0.15, 0.2) is 52.3 Å². The Balaban J connectivity index is 1.68. The van der Waals surface area contributed by atoms with Crippen LogP contribution in [-0.4, -0.2) is 46.1 Å². The first-order chi connectivity index (χ1) is 13.0. The van der Waals surface area contributed by atoms with Gasteiger partial charge < -0.3 is 15.0 Å². The smallest absolute Gasteiger partial charge is 0.206 e. The van der Waals surface area contributed by atoms with Crippen molar-refractivity contribution in [3.63, 3.8) is 0 Å². The second kappa shape index (κ2) is 7.17. The molecule has 0 radical (unpaired) electrons. The highest BCUT2D eigenvalue weighted by Crippen LogP contribution is 2.42. The van der Waals surface area contributed by atoms with E-state index >= 15 is 0 Å². The Morgan fingerprint density at radius 3 is 2.67 bits per heavy atom. The summed E-state index contributed by atoms with van der Waals surface area (Å²) >= 11 is 0. The molecule has 1 fully saturated rings. The van der Waals surface area contributed by atoms with Crippen molar-refractivity contribution in [2.75, 3.05) is 32.1 Å². The average Bonchev–Trinajstić information content (AvgIpc) is 2.91. The molecule has 27 heavy (non-hydrogen) atoms. The Kier molecular flexibility index (Phi) is 4.86. The van der Waals surface area contributed by atoms with E-state index in [0.717, 1.165) is 43.7 Å². The molecule has 144 valence electrons. The summed E-state index contributed by atoms with van der Waals surface area (Å²) in [5, 5.41) is 3.62. The molecular weight excluding hydrogens is 360 g/mol. The molecule has 2 aromatic carbocycles. The molecule has 2 aliphatic rings. The second-order valence-electron chi connectivity index (χ2n) is 7.30. The van der Waals surface area contributed by atoms with Crippen LogP contribution in [-0.2, 0) is 9.84 Å². The predicted octanol–water partition coefficient (Wildman–Crippen LogP) is 3.52. The number of hydrogen-bond donors (Lipinski definition) is 1. The first-order valence-corrected chi connectivity index (χ1v) is 11.0. The molecule has 0 aromatic heterocycles. The fourth-order valence-electron chi connectivity index (χ4n) is 4.27. The number of hydrogen-bond acceptors (Lipinski definition) is 5. The van der Waals surface area contributed by atoms with E-state index in [1.807, 2.05) is 12.1 Å². The third-order valence-electron chi connectivity index (χ3n) is 5.87. The monoisotopic (exact) mass is 386 g/mol. The lowest BCUT2D eigenvalue weighted by molar-refractivity contribution is 0.298. The summed E-state index contributed by atoms with van der Waals surface area (Å²) in [6, 6.07) is 12.6. The molecule has 4 rings (SSSR count). The Morgan fingerprint density at radius 2 is 1.89 bits per heavy atom. The molecule has 2 heterocycles. The first-order valence-electron chi connectivity index (χ1n) is 9.55. The first kappa shape index (κ1) is 18.3. The zero-order valence-electron chi connectivity index (χ0n) is 15.8. The molecule has 2 atom stereocenters. The molecule has 1 N–H and O–H groups in total. The van der Waals surface area contributed by atoms with Crippen molar-refractivity contribution in [1.29, 1.82) is 0 Å². The number of nitrogens with zero attached hydrogens (tertiary/aromatic N) is 1. The van der Waals surface area contributed by atoms with E-state index in [-0.39, 0.29) is 4.90 Å². The fraction of sp³-hybridized carbons (Fsp3) is 0.429. The maximum absolute atomic E-state index is 13.1. The third kappa shape index (κ3) is 3.32. The Hall–Kier alpha value is -2.05. The largest absolute Gasteiger partial charge is 0.497 e. The highest BCUT2D eigenvalue weighted by Gasteiger charge is 2.35. The average molecular weight is 387 g/mol. The maximum Gasteiger partial charge on any atom is 0.206 e. The van der Waals surface area contributed by atoms with E-state index in [0.29, 0.717) is 22.6 Å². The topological polar surface area (TPSA) is 58.6 Å². The Bertz CT molecular complexity index is 942. The van der Waals surface area contributed by atoms with Crippen molar-refractivity contribution < 1.29 is 13.2 Å². The molecule has 0 spiro atoms. The van der Waals surface area contributed by atoms with Gasteiger partial charge in [0.25, 0.3) is 0 Å². The van der Waals surface area contributed by atoms with Gasteiger partial charge in [0.2, 0.25) is 9.84 Å². The number of rotatable bonds is 4. The zero-order chi connectivity index (χ0) is 19.0. The minimum absolute atomic E-state index is 0.266. The fourth-order valence-corrected chi connectivity index (χ4v) is 5.60. The van der Waals surface area contributed by atoms with Gasteiger partial charge in [0.15, 0.2) is 0 Å². The van der Waals surface area contributed by atoms with E-state index in [4.69, 9.17) is 4.74 Å². The van der Waals surface area contributed by atoms with Crippen LogP contribution in [0.5, 0.6) is 5.75 Å². The lowest BCUT2D eigenvalue weighted by Crippen LogP contribution is -2.25. The minimum Gasteiger partial charge on any atom is -0.497 e. The summed E-state index contributed by atoms with van der Waals surface area (Å²) in [6.45, 7) is 5.41. The standard InChI is InChI=1S/C21H26N2O3S/c1-3-23-11-9-18-19-14-17(7-8-20(19)22-21(18)10-12-23)27(24,25)16-6-4-5-15(13-16)26-2/h4-8,13-14,18,21-22H,3,9-12H2,1-2H3/t18-,21+/m1/s1. The normalized spacial score (nSPS) is 22.4. The zero-order valence-corrected chi connectivity index (χ0v) is 16.6. The number of fused-ring (bicyclic) bond motifs is 3. The van der Waals surface area contributed by atoms with Crippen LogP contribution in [0.2, 0.25) is 0 Å². The Labute approximate surface area is 161 Å². The van der Waals surface area contributed by atoms with Crippen molar-refractivity contribution in [2.45, 2.75) is 41.5 Å². The molecule has 1 saturated heterocycles. The van der Waals surface area contributed by atoms with Gasteiger partial charge in [0.05, 0.1) is 16.9 Å². The van der Waals surface area contributed by atoms with Crippen molar-refractivity contribution in [1.82, 2.24) is 4.90 Å². The molecule has 5 nitrogen and oxygen atoms in total. The lowest BCUT2D eigenvalue weighted by Gasteiger charge is -2.17. The van der Waals surface area contributed by atoms with Gasteiger partial charge in [0, 0.05) is 24.2 Å². The number of ether oxygens (including phenoxy) is 1. The van der Waals surface area contributed by atoms with Gasteiger partial charge >= 0.3 is 0 Å². The van der Waals surface area contributed by atoms with Crippen LogP contribution in [0.4, 0.5) is 5.69 Å². The van der Waals surface area contributed by atoms with Crippen LogP contribution in [0.3, 0.4) is 0 Å². The van der Waals surface area contributed by atoms with E-state index in [9.17, 15) is 8.42 Å². The lowest BCUT2D eigenvalue weighted by atomic mass is 9.91. The highest BCUT2D eigenvalue weighted by molar-refractivity contribution is 7.91. The summed E-state index contributed by atoms with van der Waals surface area (Å²) < 4.78 is 31.5. The number of anilines is 1. The number of methoxy groups -OCH3 is 1. The van der Waals surface area contributed by atoms with Crippen molar-refractivity contribution >= 4 is 15.5 Å². The van der Waals surface area contributed by atoms with E-state index in [2.05, 4.69) is 17.1 Å². The van der Waals surface area contributed by atoms with Crippen molar-refractivity contribution in [3.8, 4) is 5.75 Å². The number of sulfone groups is 1. The summed E-state index contributed by atoms with van der Waals surface area (Å²) in [7, 11) is -2.03. The summed E-state index contributed by atoms with van der Waals surface area (Å²) in [5.74, 6) is 0.916. The summed E-state index contributed by atoms with van der Waals surface area (Å²) in [6.07, 6.45) is 2.15. The summed E-state index contributed by atoms with van der Waals surface area (Å²) in [4.78, 5) is 3.09. The molecule has 6 heteroatoms. The van der Waals surface area contributed by atoms with Gasteiger partial charge in [-0.1, -0.05) is 13.0 Å². The molecule has 0 aliphatic carbocycles. The third-order valence-corrected chi connectivity index (χ3v) is 7.62. The number of benzene rings is 2. The Morgan fingerprint density at radius 1 is 1.11 bits per heavy atom. The summed E-state index contributed by atoms with van der Waals surface area (Å²) in [5.41, 5.74) is 2.22. The molecular formula is C21H26N2O3S. The minimum atomic E-state index is -3.57. The van der Waals surface area contributed by atoms with Crippen LogP contribution in [0.25, 0.3) is 0 Å². The molecule has 0 amide bonds. The highest BCUT2D eigenvalue weighted by atomic mass is 32.2. The van der Waals surface area contributed by atoms with E-state index in [1.165, 1.54) is 0 Å². The van der Waals surface area contributed by atoms with Gasteiger partial charge in [-0.15, -0.1) is 0 Å². The quantitative estimate of drug-likeness (QED) is 0.871. The predicted molar refractivity (Wildman–Crippen MR) is 106 cm³/mol. The van der Waals surface area contributed by atoms with Crippen LogP contribution in [0, 0.1) is 0 Å². The van der Waals surface area contributed by atoms with Gasteiger partial charge in [-0.25, -0.2) is 8.42 Å². The van der Waals surface area contributed by atoms with Crippen LogP contribution in [0.1, 0.15) is 31.2 Å². The van der Waals surface area contributed by atoms with Gasteiger partial charge in [-0.2, -0.15) is 0 Å². The molecule has 2 aromatic rings. The molecule has 0 saturated carbocycles. The number of nitrogens with one attached hydrogen (secondary N) is 1. The number of likely N-dealkylation sites (tertiary alicyclic amines) is 1. The van der Waals surface area contributed by atoms with E-state index < -0.39 is 9.84 Å². The van der Waals surface area contributed by atoms with Crippen molar-refractivity contribution in [3.05, 3.63) is 48.0 Å². The molecule has 2 aliphatic heterocycles. The van der Waals surface area contributed by atoms with Crippen LogP contribution < -0.4 is 10.1 Å². The molecule has 0 unspecified atom stereocenters. The maximum atomic E-state index is 13.1. The van der Waals surface area contributed by atoms with Gasteiger partial charge in [-0.3, -0.25) is 0 Å². The van der Waals surface area contributed by atoms with Gasteiger partial charge in [-0.05, 0) is 67.9 Å². The molecule has 0 bridgehead atoms. The SMILES string of the molecule is CCN1CC[C@@H]2Nc3ccc(S(=O)(=O)c4cccc(OC)c4)cc3[C@H]2CC1. The second-order valence-corrected chi connectivity index (χ2v) is 9.25. The van der Waals surface area contributed by atoms with Crippen LogP contribution >= 0.6 is 0 Å². The van der Waals surface area contributed by atoms with Crippen molar-refractivity contribution in [2.24, 2.45) is 0 Å². The van der Waals surface area contributed by atoms with E-state index in [1.54, 1.807) is 37.4 Å². The van der Waals surface area contributed by atoms with Gasteiger partial charge in [0.1, 0.15) is 5.75 Å².